The lowest BCUT2D eigenvalue weighted by molar-refractivity contribution is -0.385. The first-order valence-corrected chi connectivity index (χ1v) is 5.24. The van der Waals surface area contributed by atoms with Gasteiger partial charge in [-0.1, -0.05) is 0 Å². The van der Waals surface area contributed by atoms with Gasteiger partial charge in [0.05, 0.1) is 23.2 Å². The van der Waals surface area contributed by atoms with Crippen molar-refractivity contribution in [3.05, 3.63) is 57.7 Å². The van der Waals surface area contributed by atoms with Crippen molar-refractivity contribution in [3.63, 3.8) is 0 Å². The van der Waals surface area contributed by atoms with Gasteiger partial charge in [-0.2, -0.15) is 5.10 Å². The van der Waals surface area contributed by atoms with E-state index in [-0.39, 0.29) is 17.8 Å². The maximum atomic E-state index is 13.1. The van der Waals surface area contributed by atoms with Crippen LogP contribution >= 0.6 is 0 Å². The van der Waals surface area contributed by atoms with Crippen LogP contribution in [-0.2, 0) is 13.1 Å². The van der Waals surface area contributed by atoms with Gasteiger partial charge < -0.3 is 5.73 Å². The van der Waals surface area contributed by atoms with Gasteiger partial charge in [0.2, 0.25) is 0 Å². The minimum Gasteiger partial charge on any atom is -0.326 e. The predicted octanol–water partition coefficient (Wildman–Crippen LogP) is 1.44. The molecule has 1 aromatic heterocycles. The third kappa shape index (κ3) is 2.51. The van der Waals surface area contributed by atoms with Gasteiger partial charge in [-0.3, -0.25) is 14.8 Å². The highest BCUT2D eigenvalue weighted by molar-refractivity contribution is 5.40. The monoisotopic (exact) mass is 250 g/mol. The molecule has 7 heteroatoms. The van der Waals surface area contributed by atoms with Gasteiger partial charge in [-0.05, 0) is 12.1 Å². The van der Waals surface area contributed by atoms with E-state index in [1.54, 1.807) is 12.4 Å². The predicted molar refractivity (Wildman–Crippen MR) is 62.3 cm³/mol. The summed E-state index contributed by atoms with van der Waals surface area (Å²) >= 11 is 0. The number of nitro groups is 1. The molecule has 2 aromatic rings. The number of rotatable bonds is 4. The van der Waals surface area contributed by atoms with Crippen molar-refractivity contribution in [1.29, 1.82) is 0 Å². The van der Waals surface area contributed by atoms with Crippen molar-refractivity contribution < 1.29 is 9.31 Å². The van der Waals surface area contributed by atoms with Crippen molar-refractivity contribution in [2.24, 2.45) is 5.73 Å². The minimum atomic E-state index is -0.540. The smallest absolute Gasteiger partial charge is 0.274 e. The maximum absolute atomic E-state index is 13.1. The van der Waals surface area contributed by atoms with E-state index < -0.39 is 10.7 Å². The molecule has 1 heterocycles. The van der Waals surface area contributed by atoms with Gasteiger partial charge in [0.1, 0.15) is 5.82 Å². The Morgan fingerprint density at radius 3 is 2.89 bits per heavy atom. The van der Waals surface area contributed by atoms with Crippen LogP contribution in [0.25, 0.3) is 0 Å². The molecule has 0 fully saturated rings. The van der Waals surface area contributed by atoms with Crippen LogP contribution in [0.3, 0.4) is 0 Å². The number of nitrogens with two attached hydrogens (primary N) is 1. The molecule has 6 nitrogen and oxygen atoms in total. The van der Waals surface area contributed by atoms with Crippen LogP contribution in [0, 0.1) is 15.9 Å². The number of halogens is 1. The van der Waals surface area contributed by atoms with E-state index in [0.717, 1.165) is 23.8 Å². The molecule has 0 atom stereocenters. The fraction of sp³-hybridized carbons (Fsp3) is 0.182. The molecule has 18 heavy (non-hydrogen) atoms. The first kappa shape index (κ1) is 12.2. The lowest BCUT2D eigenvalue weighted by atomic mass is 10.2. The zero-order chi connectivity index (χ0) is 13.1. The number of hydrogen-bond donors (Lipinski definition) is 1. The number of nitro benzene ring substituents is 1. The second-order valence-electron chi connectivity index (χ2n) is 3.78. The Balaban J connectivity index is 2.32. The summed E-state index contributed by atoms with van der Waals surface area (Å²) < 4.78 is 14.6. The van der Waals surface area contributed by atoms with Crippen LogP contribution in [0.15, 0.2) is 30.6 Å². The van der Waals surface area contributed by atoms with E-state index in [1.807, 2.05) is 0 Å². The number of nitrogens with zero attached hydrogens (tertiary/aromatic N) is 3. The van der Waals surface area contributed by atoms with Gasteiger partial charge in [-0.15, -0.1) is 0 Å². The van der Waals surface area contributed by atoms with E-state index in [2.05, 4.69) is 5.10 Å². The van der Waals surface area contributed by atoms with Crippen molar-refractivity contribution in [1.82, 2.24) is 9.78 Å². The summed E-state index contributed by atoms with van der Waals surface area (Å²) in [6.45, 7) is 0.472. The highest BCUT2D eigenvalue weighted by atomic mass is 19.1. The van der Waals surface area contributed by atoms with E-state index >= 15 is 0 Å². The van der Waals surface area contributed by atoms with Gasteiger partial charge in [0.15, 0.2) is 0 Å². The van der Waals surface area contributed by atoms with E-state index in [4.69, 9.17) is 5.73 Å². The van der Waals surface area contributed by atoms with Gasteiger partial charge in [0, 0.05) is 24.4 Å². The molecule has 0 aliphatic carbocycles. The molecule has 1 aromatic carbocycles. The largest absolute Gasteiger partial charge is 0.326 e. The molecule has 0 aliphatic rings. The summed E-state index contributed by atoms with van der Waals surface area (Å²) in [4.78, 5) is 10.3. The first-order valence-electron chi connectivity index (χ1n) is 5.24. The normalized spacial score (nSPS) is 10.6. The van der Waals surface area contributed by atoms with Crippen LogP contribution in [-0.4, -0.2) is 14.7 Å². The number of hydrogen-bond acceptors (Lipinski definition) is 4. The maximum Gasteiger partial charge on any atom is 0.274 e. The third-order valence-corrected chi connectivity index (χ3v) is 2.49. The fourth-order valence-electron chi connectivity index (χ4n) is 1.63. The average molecular weight is 250 g/mol. The molecule has 0 unspecified atom stereocenters. The summed E-state index contributed by atoms with van der Waals surface area (Å²) in [6, 6.07) is 3.36. The standard InChI is InChI=1S/C11H11FN4O2/c12-10-1-2-11(16(17)18)9(3-10)7-15-6-8(4-13)5-14-15/h1-3,5-6H,4,7,13H2. The third-order valence-electron chi connectivity index (χ3n) is 2.49. The van der Waals surface area contributed by atoms with Gasteiger partial charge in [0.25, 0.3) is 5.69 Å². The summed E-state index contributed by atoms with van der Waals surface area (Å²) in [6.07, 6.45) is 3.25. The topological polar surface area (TPSA) is 87.0 Å². The van der Waals surface area contributed by atoms with E-state index in [0.29, 0.717) is 6.54 Å². The highest BCUT2D eigenvalue weighted by Crippen LogP contribution is 2.20. The van der Waals surface area contributed by atoms with Crippen molar-refractivity contribution in [2.45, 2.75) is 13.1 Å². The van der Waals surface area contributed by atoms with Crippen LogP contribution in [0.5, 0.6) is 0 Å². The molecule has 2 rings (SSSR count). The summed E-state index contributed by atoms with van der Waals surface area (Å²) in [5.41, 5.74) is 6.40. The molecule has 2 N–H and O–H groups in total. The van der Waals surface area contributed by atoms with Crippen molar-refractivity contribution in [3.8, 4) is 0 Å². The van der Waals surface area contributed by atoms with Crippen LogP contribution in [0.4, 0.5) is 10.1 Å². The molecule has 94 valence electrons. The zero-order valence-electron chi connectivity index (χ0n) is 9.41. The Hall–Kier alpha value is -2.28. The second kappa shape index (κ2) is 4.92. The van der Waals surface area contributed by atoms with E-state index in [1.165, 1.54) is 4.68 Å². The zero-order valence-corrected chi connectivity index (χ0v) is 9.41. The Morgan fingerprint density at radius 1 is 1.50 bits per heavy atom. The number of aromatic nitrogens is 2. The Labute approximate surface area is 102 Å². The van der Waals surface area contributed by atoms with Gasteiger partial charge in [-0.25, -0.2) is 4.39 Å². The highest BCUT2D eigenvalue weighted by Gasteiger charge is 2.15. The van der Waals surface area contributed by atoms with Crippen LogP contribution in [0.1, 0.15) is 11.1 Å². The lowest BCUT2D eigenvalue weighted by Crippen LogP contribution is -2.04. The first-order chi connectivity index (χ1) is 8.60. The van der Waals surface area contributed by atoms with Crippen molar-refractivity contribution >= 4 is 5.69 Å². The lowest BCUT2D eigenvalue weighted by Gasteiger charge is -2.03. The molecule has 0 bridgehead atoms. The number of benzene rings is 1. The quantitative estimate of drug-likeness (QED) is 0.657. The summed E-state index contributed by atoms with van der Waals surface area (Å²) in [5, 5.41) is 14.8. The summed E-state index contributed by atoms with van der Waals surface area (Å²) in [7, 11) is 0. The second-order valence-corrected chi connectivity index (χ2v) is 3.78. The molecule has 0 saturated carbocycles. The van der Waals surface area contributed by atoms with Crippen LogP contribution < -0.4 is 5.73 Å². The Kier molecular flexibility index (Phi) is 3.33. The minimum absolute atomic E-state index is 0.124. The van der Waals surface area contributed by atoms with Crippen molar-refractivity contribution in [2.75, 3.05) is 0 Å². The molecule has 0 radical (unpaired) electrons. The molecular formula is C11H11FN4O2. The fourth-order valence-corrected chi connectivity index (χ4v) is 1.63. The average Bonchev–Trinajstić information content (AvgIpc) is 2.76. The Morgan fingerprint density at radius 2 is 2.28 bits per heavy atom. The molecule has 0 aliphatic heterocycles. The molecule has 0 saturated heterocycles. The van der Waals surface area contributed by atoms with E-state index in [9.17, 15) is 14.5 Å². The summed E-state index contributed by atoms with van der Waals surface area (Å²) in [5.74, 6) is -0.512. The molecular weight excluding hydrogens is 239 g/mol. The molecule has 0 amide bonds. The van der Waals surface area contributed by atoms with Crippen LogP contribution in [0.2, 0.25) is 0 Å². The Bertz CT molecular complexity index is 582. The molecule has 0 spiro atoms. The SMILES string of the molecule is NCc1cnn(Cc2cc(F)ccc2[N+](=O)[O-])c1. The van der Waals surface area contributed by atoms with Gasteiger partial charge >= 0.3 is 0 Å².